The number of rotatable bonds is 5. The van der Waals surface area contributed by atoms with Crippen LogP contribution in [0, 0.1) is 11.8 Å². The Hall–Kier alpha value is -2.72. The van der Waals surface area contributed by atoms with Crippen molar-refractivity contribution in [2.75, 3.05) is 19.0 Å². The van der Waals surface area contributed by atoms with Crippen molar-refractivity contribution in [3.63, 3.8) is 0 Å². The fourth-order valence-corrected chi connectivity index (χ4v) is 4.15. The number of nitrogens with one attached hydrogen (secondary N) is 2. The first-order valence-electron chi connectivity index (χ1n) is 9.77. The molecule has 2 atom stereocenters. The van der Waals surface area contributed by atoms with Crippen molar-refractivity contribution in [3.8, 4) is 11.8 Å². The zero-order chi connectivity index (χ0) is 22.4. The maximum Gasteiger partial charge on any atom is 0.328 e. The van der Waals surface area contributed by atoms with Gasteiger partial charge in [-0.15, -0.1) is 0 Å². The number of fused-ring (bicyclic) bond motifs is 1. The summed E-state index contributed by atoms with van der Waals surface area (Å²) < 4.78 is 4.86. The van der Waals surface area contributed by atoms with Crippen molar-refractivity contribution in [2.24, 2.45) is 5.73 Å². The van der Waals surface area contributed by atoms with Gasteiger partial charge < -0.3 is 21.1 Å². The van der Waals surface area contributed by atoms with E-state index in [2.05, 4.69) is 22.5 Å². The van der Waals surface area contributed by atoms with Crippen LogP contribution in [-0.4, -0.2) is 31.6 Å². The van der Waals surface area contributed by atoms with E-state index in [1.165, 1.54) is 7.11 Å². The van der Waals surface area contributed by atoms with Gasteiger partial charge in [-0.05, 0) is 23.3 Å². The minimum Gasteiger partial charge on any atom is -0.467 e. The fourth-order valence-electron chi connectivity index (χ4n) is 3.53. The molecule has 1 amide bonds. The molecule has 2 aromatic rings. The van der Waals surface area contributed by atoms with Crippen LogP contribution >= 0.6 is 23.2 Å². The van der Waals surface area contributed by atoms with Crippen LogP contribution in [0.4, 0.5) is 5.69 Å². The molecule has 0 unspecified atom stereocenters. The van der Waals surface area contributed by atoms with Crippen molar-refractivity contribution in [2.45, 2.75) is 31.3 Å². The van der Waals surface area contributed by atoms with E-state index in [1.807, 2.05) is 24.3 Å². The van der Waals surface area contributed by atoms with Gasteiger partial charge in [0.15, 0.2) is 0 Å². The second-order valence-corrected chi connectivity index (χ2v) is 8.00. The Morgan fingerprint density at radius 3 is 2.58 bits per heavy atom. The highest BCUT2D eigenvalue weighted by atomic mass is 35.5. The van der Waals surface area contributed by atoms with Crippen LogP contribution < -0.4 is 16.4 Å². The molecule has 4 N–H and O–H groups in total. The molecule has 1 aliphatic rings. The Balaban J connectivity index is 1.73. The van der Waals surface area contributed by atoms with Gasteiger partial charge in [-0.3, -0.25) is 4.79 Å². The van der Waals surface area contributed by atoms with E-state index in [0.29, 0.717) is 40.7 Å². The van der Waals surface area contributed by atoms with E-state index >= 15 is 0 Å². The minimum atomic E-state index is -0.619. The van der Waals surface area contributed by atoms with Gasteiger partial charge in [0.1, 0.15) is 6.04 Å². The van der Waals surface area contributed by atoms with E-state index in [0.717, 1.165) is 11.1 Å². The number of ether oxygens (including phenoxy) is 1. The molecule has 162 valence electrons. The molecule has 0 saturated heterocycles. The summed E-state index contributed by atoms with van der Waals surface area (Å²) in [6, 6.07) is 9.92. The van der Waals surface area contributed by atoms with Crippen LogP contribution in [0.1, 0.15) is 29.2 Å². The van der Waals surface area contributed by atoms with Gasteiger partial charge in [0.25, 0.3) is 0 Å². The summed E-state index contributed by atoms with van der Waals surface area (Å²) in [7, 11) is 1.32. The third-order valence-electron chi connectivity index (χ3n) is 4.97. The monoisotopic (exact) mass is 459 g/mol. The zero-order valence-electron chi connectivity index (χ0n) is 17.0. The molecule has 6 nitrogen and oxygen atoms in total. The van der Waals surface area contributed by atoms with Crippen LogP contribution in [0.15, 0.2) is 36.4 Å². The summed E-state index contributed by atoms with van der Waals surface area (Å²) in [6.07, 6.45) is 1.12. The van der Waals surface area contributed by atoms with E-state index < -0.39 is 18.1 Å². The highest BCUT2D eigenvalue weighted by Gasteiger charge is 2.34. The van der Waals surface area contributed by atoms with E-state index in [9.17, 15) is 9.59 Å². The van der Waals surface area contributed by atoms with Crippen LogP contribution in [0.5, 0.6) is 0 Å². The molecular weight excluding hydrogens is 437 g/mol. The van der Waals surface area contributed by atoms with Crippen LogP contribution in [-0.2, 0) is 27.2 Å². The number of esters is 1. The maximum absolute atomic E-state index is 12.8. The average molecular weight is 460 g/mol. The quantitative estimate of drug-likeness (QED) is 0.471. The number of amides is 1. The van der Waals surface area contributed by atoms with E-state index in [1.54, 1.807) is 12.1 Å². The molecule has 0 radical (unpaired) electrons. The van der Waals surface area contributed by atoms with Gasteiger partial charge in [-0.2, -0.15) is 0 Å². The molecule has 8 heteroatoms. The SMILES string of the molecule is COC(=O)[C@H]1C[C@H](NC(=O)Cc2ccc(CC#CCN)cc2)c2c(Cl)cc(Cl)cc2N1. The smallest absolute Gasteiger partial charge is 0.328 e. The van der Waals surface area contributed by atoms with Crippen LogP contribution in [0.3, 0.4) is 0 Å². The van der Waals surface area contributed by atoms with Crippen LogP contribution in [0.2, 0.25) is 10.0 Å². The molecule has 31 heavy (non-hydrogen) atoms. The molecule has 2 aromatic carbocycles. The predicted octanol–water partition coefficient (Wildman–Crippen LogP) is 3.26. The van der Waals surface area contributed by atoms with Crippen LogP contribution in [0.25, 0.3) is 0 Å². The molecule has 0 spiro atoms. The largest absolute Gasteiger partial charge is 0.467 e. The van der Waals surface area contributed by atoms with Gasteiger partial charge in [0.2, 0.25) is 5.91 Å². The summed E-state index contributed by atoms with van der Waals surface area (Å²) in [6.45, 7) is 0.338. The van der Waals surface area contributed by atoms with Crippen molar-refractivity contribution in [1.82, 2.24) is 5.32 Å². The van der Waals surface area contributed by atoms with Crippen molar-refractivity contribution in [1.29, 1.82) is 0 Å². The third-order valence-corrected chi connectivity index (χ3v) is 5.50. The van der Waals surface area contributed by atoms with Crippen molar-refractivity contribution < 1.29 is 14.3 Å². The van der Waals surface area contributed by atoms with E-state index in [4.69, 9.17) is 33.7 Å². The lowest BCUT2D eigenvalue weighted by Gasteiger charge is -2.33. The average Bonchev–Trinajstić information content (AvgIpc) is 2.73. The molecule has 0 bridgehead atoms. The summed E-state index contributed by atoms with van der Waals surface area (Å²) in [5.41, 5.74) is 8.60. The molecule has 0 saturated carbocycles. The predicted molar refractivity (Wildman–Crippen MR) is 122 cm³/mol. The summed E-state index contributed by atoms with van der Waals surface area (Å²) in [5.74, 6) is 5.21. The number of methoxy groups -OCH3 is 1. The van der Waals surface area contributed by atoms with Gasteiger partial charge >= 0.3 is 5.97 Å². The topological polar surface area (TPSA) is 93.5 Å². The lowest BCUT2D eigenvalue weighted by atomic mass is 9.92. The third kappa shape index (κ3) is 5.92. The molecule has 0 aliphatic carbocycles. The normalized spacial score (nSPS) is 16.9. The molecule has 1 aliphatic heterocycles. The first kappa shape index (κ1) is 23.0. The number of nitrogens with two attached hydrogens (primary N) is 1. The minimum absolute atomic E-state index is 0.178. The molecular formula is C23H23Cl2N3O3. The maximum atomic E-state index is 12.8. The lowest BCUT2D eigenvalue weighted by molar-refractivity contribution is -0.142. The van der Waals surface area contributed by atoms with Gasteiger partial charge in [-0.1, -0.05) is 59.3 Å². The van der Waals surface area contributed by atoms with Crippen molar-refractivity contribution >= 4 is 40.8 Å². The number of anilines is 1. The zero-order valence-corrected chi connectivity index (χ0v) is 18.5. The molecule has 3 rings (SSSR count). The number of benzene rings is 2. The second-order valence-electron chi connectivity index (χ2n) is 7.15. The summed E-state index contributed by atoms with van der Waals surface area (Å²) >= 11 is 12.5. The summed E-state index contributed by atoms with van der Waals surface area (Å²) in [4.78, 5) is 24.9. The number of hydrogen-bond donors (Lipinski definition) is 3. The van der Waals surface area contributed by atoms with Gasteiger partial charge in [0, 0.05) is 34.1 Å². The van der Waals surface area contributed by atoms with E-state index in [-0.39, 0.29) is 12.3 Å². The van der Waals surface area contributed by atoms with Gasteiger partial charge in [-0.25, -0.2) is 4.79 Å². The highest BCUT2D eigenvalue weighted by Crippen LogP contribution is 2.40. The second kappa shape index (κ2) is 10.5. The first-order valence-corrected chi connectivity index (χ1v) is 10.5. The lowest BCUT2D eigenvalue weighted by Crippen LogP contribution is -2.42. The number of hydrogen-bond acceptors (Lipinski definition) is 5. The summed E-state index contributed by atoms with van der Waals surface area (Å²) in [5, 5.41) is 6.95. The first-order chi connectivity index (χ1) is 14.9. The number of carbonyl (C=O) groups is 2. The Morgan fingerprint density at radius 2 is 1.90 bits per heavy atom. The Labute approximate surface area is 191 Å². The molecule has 1 heterocycles. The fraction of sp³-hybridized carbons (Fsp3) is 0.304. The molecule has 0 fully saturated rings. The number of halogens is 2. The molecule has 0 aromatic heterocycles. The van der Waals surface area contributed by atoms with Gasteiger partial charge in [0.05, 0.1) is 26.1 Å². The van der Waals surface area contributed by atoms with Crippen molar-refractivity contribution in [3.05, 3.63) is 63.1 Å². The Morgan fingerprint density at radius 1 is 1.19 bits per heavy atom. The Kier molecular flexibility index (Phi) is 7.80. The standard InChI is InChI=1S/C23H23Cl2N3O3/c1-31-23(30)20-13-19(22-17(25)11-16(24)12-18(22)27-20)28-21(29)10-15-7-5-14(6-8-15)4-2-3-9-26/h5-8,11-12,19-20,27H,4,9-10,13,26H2,1H3,(H,28,29)/t19-,20+/m0/s1. The number of carbonyl (C=O) groups excluding carboxylic acids is 2. The highest BCUT2D eigenvalue weighted by molar-refractivity contribution is 6.35. The Bertz CT molecular complexity index is 1030.